The van der Waals surface area contributed by atoms with Crippen LogP contribution in [0.3, 0.4) is 0 Å². The van der Waals surface area contributed by atoms with Crippen molar-refractivity contribution in [2.75, 3.05) is 18.4 Å². The Morgan fingerprint density at radius 3 is 2.75 bits per heavy atom. The van der Waals surface area contributed by atoms with E-state index >= 15 is 0 Å². The maximum atomic E-state index is 5.36. The minimum atomic E-state index is 0.596. The van der Waals surface area contributed by atoms with E-state index in [-0.39, 0.29) is 0 Å². The lowest BCUT2D eigenvalue weighted by Crippen LogP contribution is -2.45. The van der Waals surface area contributed by atoms with Crippen LogP contribution in [0.2, 0.25) is 0 Å². The van der Waals surface area contributed by atoms with Crippen LogP contribution in [-0.4, -0.2) is 34.2 Å². The van der Waals surface area contributed by atoms with Crippen molar-refractivity contribution in [1.82, 2.24) is 20.6 Å². The molecule has 2 bridgehead atoms. The van der Waals surface area contributed by atoms with Gasteiger partial charge < -0.3 is 16.0 Å². The Kier molecular flexibility index (Phi) is 4.30. The molecule has 0 amide bonds. The Morgan fingerprint density at radius 1 is 1.20 bits per heavy atom. The number of nitrogens with zero attached hydrogens (tertiary/aromatic N) is 2. The molecule has 0 saturated heterocycles. The lowest BCUT2D eigenvalue weighted by atomic mass is 9.96. The highest BCUT2D eigenvalue weighted by molar-refractivity contribution is 7.80. The predicted octanol–water partition coefficient (Wildman–Crippen LogP) is 1.54. The van der Waals surface area contributed by atoms with E-state index in [0.717, 1.165) is 30.0 Å². The summed E-state index contributed by atoms with van der Waals surface area (Å²) in [5, 5.41) is 10.6. The highest BCUT2D eigenvalue weighted by Crippen LogP contribution is 2.44. The summed E-state index contributed by atoms with van der Waals surface area (Å²) in [5.74, 6) is 2.44. The number of aromatic nitrogens is 2. The van der Waals surface area contributed by atoms with Gasteiger partial charge in [0.15, 0.2) is 5.11 Å². The number of anilines is 1. The number of nitrogens with one attached hydrogen (secondary N) is 3. The molecule has 20 heavy (non-hydrogen) atoms. The van der Waals surface area contributed by atoms with Crippen molar-refractivity contribution in [2.24, 2.45) is 11.8 Å². The molecular formula is C14H21N5S. The molecule has 1 heterocycles. The van der Waals surface area contributed by atoms with Crippen LogP contribution < -0.4 is 16.0 Å². The first-order valence-corrected chi connectivity index (χ1v) is 7.77. The van der Waals surface area contributed by atoms with E-state index in [2.05, 4.69) is 25.9 Å². The number of fused-ring (bicyclic) bond motifs is 2. The summed E-state index contributed by atoms with van der Waals surface area (Å²) < 4.78 is 0. The molecule has 1 aromatic heterocycles. The fourth-order valence-electron chi connectivity index (χ4n) is 3.38. The molecule has 6 heteroatoms. The van der Waals surface area contributed by atoms with Crippen LogP contribution in [0.4, 0.5) is 5.95 Å². The molecule has 3 atom stereocenters. The van der Waals surface area contributed by atoms with Gasteiger partial charge in [-0.05, 0) is 49.4 Å². The van der Waals surface area contributed by atoms with Crippen LogP contribution in [-0.2, 0) is 0 Å². The van der Waals surface area contributed by atoms with E-state index in [0.29, 0.717) is 12.0 Å². The first-order valence-electron chi connectivity index (χ1n) is 7.36. The predicted molar refractivity (Wildman–Crippen MR) is 83.5 cm³/mol. The zero-order valence-electron chi connectivity index (χ0n) is 11.5. The van der Waals surface area contributed by atoms with E-state index in [1.165, 1.54) is 25.7 Å². The standard InChI is InChI=1S/C14H21N5S/c20-14(19-12-9-10-2-3-11(12)8-10)18-7-6-17-13-15-4-1-5-16-13/h1,4-5,10-12H,2-3,6-9H2,(H,15,16,17)(H2,18,19,20). The second-order valence-electron chi connectivity index (χ2n) is 5.68. The normalized spacial score (nSPS) is 27.3. The van der Waals surface area contributed by atoms with E-state index in [4.69, 9.17) is 12.2 Å². The number of rotatable bonds is 5. The minimum Gasteiger partial charge on any atom is -0.361 e. The van der Waals surface area contributed by atoms with Crippen molar-refractivity contribution in [2.45, 2.75) is 31.7 Å². The van der Waals surface area contributed by atoms with Gasteiger partial charge in [0.25, 0.3) is 0 Å². The smallest absolute Gasteiger partial charge is 0.222 e. The first kappa shape index (κ1) is 13.5. The maximum absolute atomic E-state index is 5.36. The summed E-state index contributed by atoms with van der Waals surface area (Å²) in [7, 11) is 0. The van der Waals surface area contributed by atoms with Crippen LogP contribution in [0.25, 0.3) is 0 Å². The second kappa shape index (κ2) is 6.35. The lowest BCUT2D eigenvalue weighted by Gasteiger charge is -2.24. The third-order valence-electron chi connectivity index (χ3n) is 4.31. The summed E-state index contributed by atoms with van der Waals surface area (Å²) in [6.45, 7) is 1.52. The summed E-state index contributed by atoms with van der Waals surface area (Å²) in [4.78, 5) is 8.21. The number of hydrogen-bond acceptors (Lipinski definition) is 4. The molecule has 3 rings (SSSR count). The van der Waals surface area contributed by atoms with Gasteiger partial charge in [-0.3, -0.25) is 0 Å². The molecule has 1 aromatic rings. The van der Waals surface area contributed by atoms with E-state index in [1.807, 2.05) is 0 Å². The lowest BCUT2D eigenvalue weighted by molar-refractivity contribution is 0.389. The maximum Gasteiger partial charge on any atom is 0.222 e. The van der Waals surface area contributed by atoms with Crippen LogP contribution in [0.5, 0.6) is 0 Å². The zero-order valence-corrected chi connectivity index (χ0v) is 12.3. The fourth-order valence-corrected chi connectivity index (χ4v) is 3.64. The van der Waals surface area contributed by atoms with Crippen LogP contribution in [0.1, 0.15) is 25.7 Å². The van der Waals surface area contributed by atoms with Crippen molar-refractivity contribution >= 4 is 23.3 Å². The van der Waals surface area contributed by atoms with Gasteiger partial charge in [0.1, 0.15) is 0 Å². The molecule has 0 radical (unpaired) electrons. The average molecular weight is 291 g/mol. The average Bonchev–Trinajstić information content (AvgIpc) is 3.07. The van der Waals surface area contributed by atoms with Crippen molar-refractivity contribution in [1.29, 1.82) is 0 Å². The van der Waals surface area contributed by atoms with Gasteiger partial charge in [-0.2, -0.15) is 0 Å². The van der Waals surface area contributed by atoms with Gasteiger partial charge in [-0.1, -0.05) is 6.42 Å². The molecule has 2 aliphatic rings. The first-order chi connectivity index (χ1) is 9.81. The van der Waals surface area contributed by atoms with E-state index in [1.54, 1.807) is 18.5 Å². The van der Waals surface area contributed by atoms with Gasteiger partial charge in [0, 0.05) is 31.5 Å². The third kappa shape index (κ3) is 3.36. The summed E-state index contributed by atoms with van der Waals surface area (Å²) in [6, 6.07) is 2.40. The molecule has 5 nitrogen and oxygen atoms in total. The van der Waals surface area contributed by atoms with Crippen molar-refractivity contribution in [3.63, 3.8) is 0 Å². The van der Waals surface area contributed by atoms with Crippen LogP contribution >= 0.6 is 12.2 Å². The van der Waals surface area contributed by atoms with Crippen molar-refractivity contribution in [3.05, 3.63) is 18.5 Å². The number of hydrogen-bond donors (Lipinski definition) is 3. The molecule has 0 aromatic carbocycles. The van der Waals surface area contributed by atoms with Crippen molar-refractivity contribution in [3.8, 4) is 0 Å². The van der Waals surface area contributed by atoms with Gasteiger partial charge in [0.05, 0.1) is 0 Å². The molecule has 3 N–H and O–H groups in total. The van der Waals surface area contributed by atoms with Crippen LogP contribution in [0, 0.1) is 11.8 Å². The Bertz CT molecular complexity index is 452. The highest BCUT2D eigenvalue weighted by Gasteiger charge is 2.39. The molecule has 108 valence electrons. The molecule has 0 aliphatic heterocycles. The SMILES string of the molecule is S=C(NCCNc1ncccn1)NC1CC2CCC1C2. The Hall–Kier alpha value is -1.43. The Balaban J connectivity index is 1.32. The fraction of sp³-hybridized carbons (Fsp3) is 0.643. The highest BCUT2D eigenvalue weighted by atomic mass is 32.1. The van der Waals surface area contributed by atoms with Crippen molar-refractivity contribution < 1.29 is 0 Å². The summed E-state index contributed by atoms with van der Waals surface area (Å²) in [6.07, 6.45) is 8.94. The quantitative estimate of drug-likeness (QED) is 0.565. The second-order valence-corrected chi connectivity index (χ2v) is 6.09. The summed E-state index contributed by atoms with van der Waals surface area (Å²) in [5.41, 5.74) is 0. The molecule has 2 fully saturated rings. The molecule has 2 aliphatic carbocycles. The Labute approximate surface area is 125 Å². The summed E-state index contributed by atoms with van der Waals surface area (Å²) >= 11 is 5.36. The van der Waals surface area contributed by atoms with E-state index < -0.39 is 0 Å². The van der Waals surface area contributed by atoms with Gasteiger partial charge in [-0.25, -0.2) is 9.97 Å². The molecule has 3 unspecified atom stereocenters. The molecular weight excluding hydrogens is 270 g/mol. The monoisotopic (exact) mass is 291 g/mol. The van der Waals surface area contributed by atoms with Gasteiger partial charge in [0.2, 0.25) is 5.95 Å². The molecule has 2 saturated carbocycles. The Morgan fingerprint density at radius 2 is 2.05 bits per heavy atom. The van der Waals surface area contributed by atoms with Gasteiger partial charge in [-0.15, -0.1) is 0 Å². The largest absolute Gasteiger partial charge is 0.361 e. The van der Waals surface area contributed by atoms with E-state index in [9.17, 15) is 0 Å². The van der Waals surface area contributed by atoms with Crippen LogP contribution in [0.15, 0.2) is 18.5 Å². The topological polar surface area (TPSA) is 61.9 Å². The zero-order chi connectivity index (χ0) is 13.8. The third-order valence-corrected chi connectivity index (χ3v) is 4.58. The number of thiocarbonyl (C=S) groups is 1. The van der Waals surface area contributed by atoms with Gasteiger partial charge >= 0.3 is 0 Å². The minimum absolute atomic E-state index is 0.596. The molecule has 0 spiro atoms.